The molecule has 6 nitrogen and oxygen atoms in total. The molecule has 7 heteroatoms. The molecule has 0 atom stereocenters. The van der Waals surface area contributed by atoms with Crippen LogP contribution < -0.4 is 5.32 Å². The first kappa shape index (κ1) is 18.0. The largest absolute Gasteiger partial charge is 0.481 e. The Hall–Kier alpha value is -2.34. The molecule has 2 rings (SSSR count). The molecule has 0 aliphatic rings. The van der Waals surface area contributed by atoms with Gasteiger partial charge in [0.2, 0.25) is 0 Å². The molecule has 0 saturated carbocycles. The minimum Gasteiger partial charge on any atom is -0.481 e. The Morgan fingerprint density at radius 1 is 1.29 bits per heavy atom. The topological polar surface area (TPSA) is 84.2 Å². The van der Waals surface area contributed by atoms with Crippen LogP contribution in [-0.4, -0.2) is 33.3 Å². The quantitative estimate of drug-likeness (QED) is 0.717. The molecule has 1 amide bonds. The van der Waals surface area contributed by atoms with E-state index in [2.05, 4.69) is 10.4 Å². The molecule has 128 valence electrons. The number of nitrogens with zero attached hydrogens (tertiary/aromatic N) is 2. The van der Waals surface area contributed by atoms with E-state index in [1.165, 1.54) is 6.20 Å². The molecule has 2 aromatic rings. The van der Waals surface area contributed by atoms with E-state index < -0.39 is 5.97 Å². The smallest absolute Gasteiger partial charge is 0.303 e. The second-order valence-electron chi connectivity index (χ2n) is 5.50. The zero-order valence-corrected chi connectivity index (χ0v) is 14.2. The van der Waals surface area contributed by atoms with Gasteiger partial charge in [-0.3, -0.25) is 9.59 Å². The molecule has 0 fully saturated rings. The molecule has 0 aliphatic heterocycles. The second-order valence-corrected chi connectivity index (χ2v) is 5.93. The number of carbonyl (C=O) groups is 2. The normalized spacial score (nSPS) is 10.6. The molecular weight excluding hydrogens is 330 g/mol. The minimum absolute atomic E-state index is 0.166. The van der Waals surface area contributed by atoms with Crippen molar-refractivity contribution in [1.29, 1.82) is 0 Å². The Bertz CT molecular complexity index is 728. The SMILES string of the molecule is Cc1c(C(=O)NCCCCCC(=O)O)cnn1-c1cccc(Cl)c1. The van der Waals surface area contributed by atoms with E-state index in [4.69, 9.17) is 16.7 Å². The lowest BCUT2D eigenvalue weighted by molar-refractivity contribution is -0.137. The lowest BCUT2D eigenvalue weighted by Gasteiger charge is -2.07. The fourth-order valence-corrected chi connectivity index (χ4v) is 2.56. The lowest BCUT2D eigenvalue weighted by Crippen LogP contribution is -2.24. The fraction of sp³-hybridized carbons (Fsp3) is 0.353. The third kappa shape index (κ3) is 4.83. The first-order valence-corrected chi connectivity index (χ1v) is 8.17. The summed E-state index contributed by atoms with van der Waals surface area (Å²) in [5.74, 6) is -0.970. The van der Waals surface area contributed by atoms with Gasteiger partial charge in [0.1, 0.15) is 0 Å². The van der Waals surface area contributed by atoms with Crippen LogP contribution >= 0.6 is 11.6 Å². The van der Waals surface area contributed by atoms with Crippen molar-refractivity contribution >= 4 is 23.5 Å². The summed E-state index contributed by atoms with van der Waals surface area (Å²) < 4.78 is 1.67. The Balaban J connectivity index is 1.91. The standard InChI is InChI=1S/C17H20ClN3O3/c1-12-15(17(24)19-9-4-2-3-8-16(22)23)11-20-21(12)14-7-5-6-13(18)10-14/h5-7,10-11H,2-4,8-9H2,1H3,(H,19,24)(H,22,23). The van der Waals surface area contributed by atoms with Crippen LogP contribution in [0.2, 0.25) is 5.02 Å². The molecule has 24 heavy (non-hydrogen) atoms. The summed E-state index contributed by atoms with van der Waals surface area (Å²) in [6, 6.07) is 7.26. The van der Waals surface area contributed by atoms with Gasteiger partial charge in [0.25, 0.3) is 5.91 Å². The number of aliphatic carboxylic acids is 1. The summed E-state index contributed by atoms with van der Waals surface area (Å²) in [4.78, 5) is 22.6. The van der Waals surface area contributed by atoms with Gasteiger partial charge < -0.3 is 10.4 Å². The highest BCUT2D eigenvalue weighted by molar-refractivity contribution is 6.30. The number of benzene rings is 1. The van der Waals surface area contributed by atoms with Gasteiger partial charge in [-0.25, -0.2) is 4.68 Å². The number of hydrogen-bond acceptors (Lipinski definition) is 3. The maximum Gasteiger partial charge on any atom is 0.303 e. The summed E-state index contributed by atoms with van der Waals surface area (Å²) in [7, 11) is 0. The number of carbonyl (C=O) groups excluding carboxylic acids is 1. The molecule has 0 aliphatic carbocycles. The van der Waals surface area contributed by atoms with Gasteiger partial charge in [-0.1, -0.05) is 24.1 Å². The van der Waals surface area contributed by atoms with Crippen LogP contribution in [0.1, 0.15) is 41.7 Å². The predicted molar refractivity (Wildman–Crippen MR) is 91.7 cm³/mol. The zero-order valence-electron chi connectivity index (χ0n) is 13.5. The third-order valence-electron chi connectivity index (χ3n) is 3.66. The van der Waals surface area contributed by atoms with E-state index in [0.29, 0.717) is 23.6 Å². The predicted octanol–water partition coefficient (Wildman–Crippen LogP) is 3.21. The number of unbranched alkanes of at least 4 members (excludes halogenated alkanes) is 2. The van der Waals surface area contributed by atoms with E-state index >= 15 is 0 Å². The van der Waals surface area contributed by atoms with Gasteiger partial charge in [-0.15, -0.1) is 0 Å². The Labute approximate surface area is 145 Å². The van der Waals surface area contributed by atoms with Crippen molar-refractivity contribution in [1.82, 2.24) is 15.1 Å². The van der Waals surface area contributed by atoms with E-state index in [9.17, 15) is 9.59 Å². The Morgan fingerprint density at radius 2 is 2.08 bits per heavy atom. The van der Waals surface area contributed by atoms with Crippen molar-refractivity contribution in [2.75, 3.05) is 6.54 Å². The van der Waals surface area contributed by atoms with Crippen molar-refractivity contribution in [3.63, 3.8) is 0 Å². The highest BCUT2D eigenvalue weighted by Crippen LogP contribution is 2.17. The monoisotopic (exact) mass is 349 g/mol. The first-order valence-electron chi connectivity index (χ1n) is 7.79. The number of carboxylic acids is 1. The fourth-order valence-electron chi connectivity index (χ4n) is 2.38. The molecule has 0 unspecified atom stereocenters. The van der Waals surface area contributed by atoms with Gasteiger partial charge in [0.05, 0.1) is 23.1 Å². The molecule has 0 spiro atoms. The van der Waals surface area contributed by atoms with E-state index in [1.807, 2.05) is 19.1 Å². The number of halogens is 1. The number of amides is 1. The molecule has 1 aromatic heterocycles. The molecule has 2 N–H and O–H groups in total. The van der Waals surface area contributed by atoms with Gasteiger partial charge in [0, 0.05) is 18.0 Å². The minimum atomic E-state index is -0.789. The van der Waals surface area contributed by atoms with Crippen LogP contribution in [0.15, 0.2) is 30.5 Å². The van der Waals surface area contributed by atoms with Crippen molar-refractivity contribution in [3.05, 3.63) is 46.7 Å². The lowest BCUT2D eigenvalue weighted by atomic mass is 10.2. The van der Waals surface area contributed by atoms with Gasteiger partial charge in [0.15, 0.2) is 0 Å². The highest BCUT2D eigenvalue weighted by atomic mass is 35.5. The Kier molecular flexibility index (Phi) is 6.37. The average molecular weight is 350 g/mol. The summed E-state index contributed by atoms with van der Waals surface area (Å²) in [5, 5.41) is 16.3. The van der Waals surface area contributed by atoms with Crippen LogP contribution in [0.5, 0.6) is 0 Å². The summed E-state index contributed by atoms with van der Waals surface area (Å²) >= 11 is 5.99. The highest BCUT2D eigenvalue weighted by Gasteiger charge is 2.14. The number of nitrogens with one attached hydrogen (secondary N) is 1. The molecular formula is C17H20ClN3O3. The van der Waals surface area contributed by atoms with Crippen molar-refractivity contribution in [2.24, 2.45) is 0 Å². The van der Waals surface area contributed by atoms with Gasteiger partial charge in [-0.05, 0) is 38.0 Å². The molecule has 0 radical (unpaired) electrons. The van der Waals surface area contributed by atoms with Crippen LogP contribution in [0.4, 0.5) is 0 Å². The first-order chi connectivity index (χ1) is 11.5. The van der Waals surface area contributed by atoms with E-state index in [-0.39, 0.29) is 12.3 Å². The number of aromatic nitrogens is 2. The number of carboxylic acid groups (broad SMARTS) is 1. The maximum atomic E-state index is 12.2. The maximum absolute atomic E-state index is 12.2. The van der Waals surface area contributed by atoms with E-state index in [1.54, 1.807) is 16.8 Å². The van der Waals surface area contributed by atoms with Gasteiger partial charge >= 0.3 is 5.97 Å². The van der Waals surface area contributed by atoms with Crippen molar-refractivity contribution in [2.45, 2.75) is 32.6 Å². The Morgan fingerprint density at radius 3 is 2.79 bits per heavy atom. The number of hydrogen-bond donors (Lipinski definition) is 2. The van der Waals surface area contributed by atoms with Gasteiger partial charge in [-0.2, -0.15) is 5.10 Å². The average Bonchev–Trinajstić information content (AvgIpc) is 2.92. The van der Waals surface area contributed by atoms with Crippen LogP contribution in [-0.2, 0) is 4.79 Å². The molecule has 0 bridgehead atoms. The summed E-state index contributed by atoms with van der Waals surface area (Å²) in [6.07, 6.45) is 3.85. The van der Waals surface area contributed by atoms with Crippen molar-refractivity contribution < 1.29 is 14.7 Å². The van der Waals surface area contributed by atoms with Crippen LogP contribution in [0, 0.1) is 6.92 Å². The van der Waals surface area contributed by atoms with Crippen LogP contribution in [0.25, 0.3) is 5.69 Å². The van der Waals surface area contributed by atoms with Crippen LogP contribution in [0.3, 0.4) is 0 Å². The molecule has 0 saturated heterocycles. The molecule has 1 heterocycles. The second kappa shape index (κ2) is 8.49. The zero-order chi connectivity index (χ0) is 17.5. The van der Waals surface area contributed by atoms with Crippen molar-refractivity contribution in [3.8, 4) is 5.69 Å². The van der Waals surface area contributed by atoms with E-state index in [0.717, 1.165) is 24.2 Å². The summed E-state index contributed by atoms with van der Waals surface area (Å²) in [5.41, 5.74) is 2.05. The summed E-state index contributed by atoms with van der Waals surface area (Å²) in [6.45, 7) is 2.34. The molecule has 1 aromatic carbocycles. The third-order valence-corrected chi connectivity index (χ3v) is 3.90. The number of rotatable bonds is 8.